The molecular formula is C48H58BBrN6O12S2. The molecule has 2 aromatic carbocycles. The van der Waals surface area contributed by atoms with E-state index in [1.54, 1.807) is 70.6 Å². The van der Waals surface area contributed by atoms with Gasteiger partial charge in [-0.05, 0) is 121 Å². The van der Waals surface area contributed by atoms with Gasteiger partial charge in [0, 0.05) is 17.9 Å². The van der Waals surface area contributed by atoms with Gasteiger partial charge in [0.05, 0.1) is 80.5 Å². The summed E-state index contributed by atoms with van der Waals surface area (Å²) in [6.07, 6.45) is 3.49. The average molecular weight is 1070 g/mol. The lowest BCUT2D eigenvalue weighted by atomic mass is 9.79. The summed E-state index contributed by atoms with van der Waals surface area (Å²) in [6, 6.07) is 15.2. The van der Waals surface area contributed by atoms with Gasteiger partial charge in [-0.2, -0.15) is 10.2 Å². The maximum atomic E-state index is 12.5. The van der Waals surface area contributed by atoms with Gasteiger partial charge < -0.3 is 37.7 Å². The minimum Gasteiger partial charge on any atom is -0.497 e. The van der Waals surface area contributed by atoms with Crippen LogP contribution in [0.3, 0.4) is 0 Å². The second-order valence-electron chi connectivity index (χ2n) is 16.1. The van der Waals surface area contributed by atoms with Gasteiger partial charge in [-0.15, -0.1) is 22.7 Å². The Morgan fingerprint density at radius 2 is 1.03 bits per heavy atom. The molecule has 0 bridgehead atoms. The number of aryl methyl sites for hydroxylation is 2. The number of hydrogen-bond acceptors (Lipinski definition) is 18. The van der Waals surface area contributed by atoms with E-state index in [1.165, 1.54) is 22.7 Å². The number of ether oxygens (including phenoxy) is 6. The third kappa shape index (κ3) is 13.9. The smallest absolute Gasteiger partial charge is 0.497 e. The van der Waals surface area contributed by atoms with Crippen molar-refractivity contribution in [2.75, 3.05) is 40.6 Å². The molecule has 6 aromatic rings. The second-order valence-corrected chi connectivity index (χ2v) is 19.3. The van der Waals surface area contributed by atoms with Crippen LogP contribution in [0.15, 0.2) is 65.5 Å². The third-order valence-corrected chi connectivity index (χ3v) is 13.3. The van der Waals surface area contributed by atoms with Crippen LogP contribution in [0.5, 0.6) is 11.5 Å². The fourth-order valence-corrected chi connectivity index (χ4v) is 8.87. The average Bonchev–Trinajstić information content (AvgIpc) is 4.14. The number of thiazole rings is 2. The highest BCUT2D eigenvalue weighted by atomic mass is 79.9. The predicted octanol–water partition coefficient (Wildman–Crippen LogP) is 8.53. The number of nitrogens with zero attached hydrogens (tertiary/aromatic N) is 6. The number of esters is 4. The van der Waals surface area contributed by atoms with Crippen LogP contribution in [0, 0.1) is 13.8 Å². The first-order valence-electron chi connectivity index (χ1n) is 22.3. The van der Waals surface area contributed by atoms with Crippen molar-refractivity contribution in [2.24, 2.45) is 0 Å². The highest BCUT2D eigenvalue weighted by Crippen LogP contribution is 2.37. The standard InChI is InChI=1S/C21H23N3O5S.C20H27BN2O5.C7H8BrNO2S/c1-5-28-20(25)18-16(17-19(21(26)29-6-2)30-13(3)22-17)12-24(23-18)11-14-7-9-15(27-4)10-8-14;1-7-26-18(24)17-16(21-27-19(2,3)20(4,5)28-21)13-23(22-17)12-14-8-10-15(25-6)11-9-14;1-3-11-7(10)5-6(8)9-4(2)12-5/h7-10,12H,5-6,11H2,1-4H3;8-11,13H,7,12H2,1-6H3;3H2,1-2H3. The van der Waals surface area contributed by atoms with Gasteiger partial charge in [0.15, 0.2) is 11.4 Å². The van der Waals surface area contributed by atoms with Crippen molar-refractivity contribution in [3.8, 4) is 22.8 Å². The summed E-state index contributed by atoms with van der Waals surface area (Å²) in [5, 5.41) is 10.4. The van der Waals surface area contributed by atoms with Crippen LogP contribution in [-0.4, -0.2) is 112 Å². The molecule has 0 amide bonds. The normalized spacial score (nSPS) is 13.3. The summed E-state index contributed by atoms with van der Waals surface area (Å²) < 4.78 is 46.8. The van der Waals surface area contributed by atoms with Crippen LogP contribution < -0.4 is 14.9 Å². The molecule has 22 heteroatoms. The van der Waals surface area contributed by atoms with E-state index in [-0.39, 0.29) is 37.2 Å². The monoisotopic (exact) mass is 1060 g/mol. The maximum absolute atomic E-state index is 12.5. The first-order chi connectivity index (χ1) is 33.3. The quantitative estimate of drug-likeness (QED) is 0.0506. The Morgan fingerprint density at radius 3 is 1.49 bits per heavy atom. The highest BCUT2D eigenvalue weighted by molar-refractivity contribution is 9.10. The largest absolute Gasteiger partial charge is 0.498 e. The minimum atomic E-state index is -0.686. The first kappa shape index (κ1) is 55.0. The number of halogens is 1. The van der Waals surface area contributed by atoms with Gasteiger partial charge in [-0.1, -0.05) is 24.3 Å². The van der Waals surface area contributed by atoms with Crippen LogP contribution in [-0.2, 0) is 41.3 Å². The molecule has 0 unspecified atom stereocenters. The van der Waals surface area contributed by atoms with Crippen LogP contribution >= 0.6 is 38.6 Å². The number of hydrogen-bond donors (Lipinski definition) is 0. The van der Waals surface area contributed by atoms with E-state index in [0.29, 0.717) is 55.8 Å². The van der Waals surface area contributed by atoms with Gasteiger partial charge in [-0.25, -0.2) is 29.1 Å². The van der Waals surface area contributed by atoms with Crippen molar-refractivity contribution in [1.29, 1.82) is 0 Å². The molecular weight excluding hydrogens is 1010 g/mol. The van der Waals surface area contributed by atoms with Gasteiger partial charge in [-0.3, -0.25) is 9.36 Å². The summed E-state index contributed by atoms with van der Waals surface area (Å²) >= 11 is 5.74. The van der Waals surface area contributed by atoms with Crippen LogP contribution in [0.4, 0.5) is 0 Å². The minimum absolute atomic E-state index is 0.112. The van der Waals surface area contributed by atoms with Crippen LogP contribution in [0.1, 0.15) is 117 Å². The van der Waals surface area contributed by atoms with Crippen molar-refractivity contribution >= 4 is 75.1 Å². The number of carbonyl (C=O) groups excluding carboxylic acids is 4. The molecule has 374 valence electrons. The second kappa shape index (κ2) is 24.8. The Morgan fingerprint density at radius 1 is 0.614 bits per heavy atom. The Balaban J connectivity index is 0.000000212. The van der Waals surface area contributed by atoms with E-state index in [9.17, 15) is 19.2 Å². The van der Waals surface area contributed by atoms with Gasteiger partial charge in [0.2, 0.25) is 0 Å². The first-order valence-corrected chi connectivity index (χ1v) is 24.8. The number of carbonyl (C=O) groups is 4. The molecule has 0 aliphatic carbocycles. The van der Waals surface area contributed by atoms with E-state index < -0.39 is 36.2 Å². The van der Waals surface area contributed by atoms with Gasteiger partial charge in [0.25, 0.3) is 0 Å². The van der Waals surface area contributed by atoms with Crippen LogP contribution in [0.25, 0.3) is 11.3 Å². The van der Waals surface area contributed by atoms with E-state index in [2.05, 4.69) is 36.1 Å². The molecule has 0 atom stereocenters. The Labute approximate surface area is 424 Å². The number of methoxy groups -OCH3 is 2. The summed E-state index contributed by atoms with van der Waals surface area (Å²) in [6.45, 7) is 20.6. The zero-order valence-corrected chi connectivity index (χ0v) is 44.6. The van der Waals surface area contributed by atoms with Crippen molar-refractivity contribution in [1.82, 2.24) is 29.5 Å². The molecule has 0 spiro atoms. The van der Waals surface area contributed by atoms with Crippen molar-refractivity contribution < 1.29 is 56.9 Å². The van der Waals surface area contributed by atoms with Gasteiger partial charge in [0.1, 0.15) is 31.6 Å². The topological polar surface area (TPSA) is 204 Å². The summed E-state index contributed by atoms with van der Waals surface area (Å²) in [5.74, 6) is -0.300. The Bertz CT molecular complexity index is 2720. The Kier molecular flexibility index (Phi) is 19.4. The highest BCUT2D eigenvalue weighted by Gasteiger charge is 2.53. The SMILES string of the molecule is CCOC(=O)c1nn(Cc2ccc(OC)cc2)cc1-c1nc(C)sc1C(=O)OCC.CCOC(=O)c1nn(Cc2ccc(OC)cc2)cc1B1OC(C)(C)C(C)(C)O1.CCOC(=O)c1sc(C)nc1Br. The molecule has 1 aliphatic heterocycles. The molecule has 1 fully saturated rings. The third-order valence-electron chi connectivity index (χ3n) is 10.6. The molecule has 18 nitrogen and oxygen atoms in total. The summed E-state index contributed by atoms with van der Waals surface area (Å²) in [4.78, 5) is 58.0. The van der Waals surface area contributed by atoms with E-state index in [1.807, 2.05) is 83.1 Å². The molecule has 7 rings (SSSR count). The lowest BCUT2D eigenvalue weighted by Crippen LogP contribution is -2.41. The van der Waals surface area contributed by atoms with E-state index >= 15 is 0 Å². The molecule has 70 heavy (non-hydrogen) atoms. The van der Waals surface area contributed by atoms with Crippen LogP contribution in [0.2, 0.25) is 0 Å². The molecule has 4 aromatic heterocycles. The molecule has 0 radical (unpaired) electrons. The summed E-state index contributed by atoms with van der Waals surface area (Å²) in [7, 11) is 2.55. The number of aromatic nitrogens is 6. The Hall–Kier alpha value is -5.94. The zero-order chi connectivity index (χ0) is 51.3. The molecule has 1 saturated heterocycles. The predicted molar refractivity (Wildman–Crippen MR) is 269 cm³/mol. The van der Waals surface area contributed by atoms with Crippen molar-refractivity contribution in [3.63, 3.8) is 0 Å². The molecule has 1 aliphatic rings. The van der Waals surface area contributed by atoms with E-state index in [4.69, 9.17) is 37.7 Å². The van der Waals surface area contributed by atoms with Crippen molar-refractivity contribution in [2.45, 2.75) is 93.5 Å². The molecule has 5 heterocycles. The zero-order valence-electron chi connectivity index (χ0n) is 41.4. The number of benzene rings is 2. The summed E-state index contributed by atoms with van der Waals surface area (Å²) in [5.41, 5.74) is 2.69. The maximum Gasteiger partial charge on any atom is 0.498 e. The molecule has 0 saturated carbocycles. The molecule has 0 N–H and O–H groups in total. The fourth-order valence-electron chi connectivity index (χ4n) is 6.55. The van der Waals surface area contributed by atoms with E-state index in [0.717, 1.165) is 27.6 Å². The van der Waals surface area contributed by atoms with Crippen molar-refractivity contribution in [3.05, 3.63) is 108 Å². The lowest BCUT2D eigenvalue weighted by molar-refractivity contribution is 0.00578. The fraction of sp³-hybridized carbons (Fsp3) is 0.417. The van der Waals surface area contributed by atoms with Gasteiger partial charge >= 0.3 is 31.0 Å². The number of rotatable bonds is 16. The lowest BCUT2D eigenvalue weighted by Gasteiger charge is -2.32.